The van der Waals surface area contributed by atoms with Gasteiger partial charge in [0, 0.05) is 11.8 Å². The van der Waals surface area contributed by atoms with E-state index >= 15 is 0 Å². The quantitative estimate of drug-likeness (QED) is 0.633. The van der Waals surface area contributed by atoms with E-state index in [0.29, 0.717) is 5.57 Å². The number of ether oxygens (including phenoxy) is 2. The van der Waals surface area contributed by atoms with Crippen molar-refractivity contribution in [3.63, 3.8) is 0 Å². The number of fused-ring (bicyclic) bond motifs is 1. The lowest BCUT2D eigenvalue weighted by Crippen LogP contribution is -2.33. The summed E-state index contributed by atoms with van der Waals surface area (Å²) in [6, 6.07) is 0. The van der Waals surface area contributed by atoms with Crippen LogP contribution < -0.4 is 0 Å². The van der Waals surface area contributed by atoms with E-state index in [-0.39, 0.29) is 17.8 Å². The van der Waals surface area contributed by atoms with Crippen LogP contribution in [-0.4, -0.2) is 24.5 Å². The van der Waals surface area contributed by atoms with Gasteiger partial charge in [0.15, 0.2) is 6.29 Å². The van der Waals surface area contributed by atoms with Crippen molar-refractivity contribution in [1.29, 1.82) is 0 Å². The average Bonchev–Trinajstić information content (AvgIpc) is 2.67. The topological polar surface area (TPSA) is 55.8 Å². The molecule has 0 aromatic heterocycles. The Kier molecular flexibility index (Phi) is 2.46. The number of rotatable bonds is 1. The first-order valence-corrected chi connectivity index (χ1v) is 4.86. The third-order valence-electron chi connectivity index (χ3n) is 3.09. The molecule has 0 radical (unpaired) electrons. The van der Waals surface area contributed by atoms with Crippen molar-refractivity contribution in [2.45, 2.75) is 25.6 Å². The summed E-state index contributed by atoms with van der Waals surface area (Å²) in [5, 5.41) is 9.53. The number of methoxy groups -OCH3 is 1. The van der Waals surface area contributed by atoms with Gasteiger partial charge in [-0.25, -0.2) is 4.79 Å². The zero-order chi connectivity index (χ0) is 10.1. The van der Waals surface area contributed by atoms with E-state index in [1.807, 2.05) is 0 Å². The molecule has 1 heterocycles. The van der Waals surface area contributed by atoms with Crippen LogP contribution in [-0.2, 0) is 14.3 Å². The first-order chi connectivity index (χ1) is 6.74. The van der Waals surface area contributed by atoms with Crippen molar-refractivity contribution in [3.8, 4) is 0 Å². The van der Waals surface area contributed by atoms with E-state index in [0.717, 1.165) is 19.3 Å². The number of aliphatic hydroxyl groups excluding tert-OH is 1. The SMILES string of the molecule is COC(=O)C1=COC(O)C2CCCC12. The summed E-state index contributed by atoms with van der Waals surface area (Å²) in [7, 11) is 1.36. The molecule has 78 valence electrons. The molecule has 0 saturated heterocycles. The van der Waals surface area contributed by atoms with E-state index in [9.17, 15) is 9.90 Å². The van der Waals surface area contributed by atoms with E-state index in [1.165, 1.54) is 13.4 Å². The number of carbonyl (C=O) groups excluding carboxylic acids is 1. The Morgan fingerprint density at radius 2 is 2.43 bits per heavy atom. The summed E-state index contributed by atoms with van der Waals surface area (Å²) in [6.07, 6.45) is 3.48. The van der Waals surface area contributed by atoms with Crippen LogP contribution in [0.5, 0.6) is 0 Å². The van der Waals surface area contributed by atoms with Gasteiger partial charge in [-0.3, -0.25) is 0 Å². The molecule has 1 fully saturated rings. The second kappa shape index (κ2) is 3.61. The van der Waals surface area contributed by atoms with E-state index < -0.39 is 6.29 Å². The molecular formula is C10H14O4. The molecule has 0 spiro atoms. The Hall–Kier alpha value is -1.03. The fraction of sp³-hybridized carbons (Fsp3) is 0.700. The molecule has 2 aliphatic rings. The first-order valence-electron chi connectivity index (χ1n) is 4.86. The van der Waals surface area contributed by atoms with Gasteiger partial charge in [-0.2, -0.15) is 0 Å². The molecule has 1 aliphatic carbocycles. The minimum Gasteiger partial charge on any atom is -0.472 e. The summed E-state index contributed by atoms with van der Waals surface area (Å²) in [5.41, 5.74) is 0.570. The smallest absolute Gasteiger partial charge is 0.337 e. The van der Waals surface area contributed by atoms with Crippen molar-refractivity contribution in [2.24, 2.45) is 11.8 Å². The molecule has 0 aromatic carbocycles. The molecule has 1 N–H and O–H groups in total. The maximum absolute atomic E-state index is 11.4. The summed E-state index contributed by atoms with van der Waals surface area (Å²) in [4.78, 5) is 11.4. The largest absolute Gasteiger partial charge is 0.472 e. The lowest BCUT2D eigenvalue weighted by Gasteiger charge is -2.29. The molecule has 3 unspecified atom stereocenters. The normalized spacial score (nSPS) is 35.6. The molecular weight excluding hydrogens is 184 g/mol. The zero-order valence-corrected chi connectivity index (χ0v) is 8.10. The highest BCUT2D eigenvalue weighted by molar-refractivity contribution is 5.88. The summed E-state index contributed by atoms with van der Waals surface area (Å²) >= 11 is 0. The van der Waals surface area contributed by atoms with Crippen molar-refractivity contribution in [2.75, 3.05) is 7.11 Å². The standard InChI is InChI=1S/C10H14O4/c1-13-9(11)8-5-14-10(12)7-4-2-3-6(7)8/h5-7,10,12H,2-4H2,1H3. The number of carbonyl (C=O) groups is 1. The maximum atomic E-state index is 11.4. The van der Waals surface area contributed by atoms with Crippen molar-refractivity contribution >= 4 is 5.97 Å². The zero-order valence-electron chi connectivity index (χ0n) is 8.10. The van der Waals surface area contributed by atoms with Gasteiger partial charge in [0.25, 0.3) is 0 Å². The van der Waals surface area contributed by atoms with Crippen LogP contribution in [0.2, 0.25) is 0 Å². The minimum absolute atomic E-state index is 0.0640. The van der Waals surface area contributed by atoms with Gasteiger partial charge in [0.1, 0.15) is 0 Å². The fourth-order valence-corrected chi connectivity index (χ4v) is 2.36. The summed E-state index contributed by atoms with van der Waals surface area (Å²) in [5.74, 6) is -0.158. The fourth-order valence-electron chi connectivity index (χ4n) is 2.36. The Morgan fingerprint density at radius 1 is 1.64 bits per heavy atom. The van der Waals surface area contributed by atoms with Gasteiger partial charge in [0.2, 0.25) is 0 Å². The third kappa shape index (κ3) is 1.39. The second-order valence-corrected chi connectivity index (χ2v) is 3.79. The molecule has 3 atom stereocenters. The van der Waals surface area contributed by atoms with Gasteiger partial charge in [0.05, 0.1) is 18.9 Å². The predicted molar refractivity (Wildman–Crippen MR) is 48.0 cm³/mol. The number of aliphatic hydroxyl groups is 1. The lowest BCUT2D eigenvalue weighted by molar-refractivity contribution is -0.142. The van der Waals surface area contributed by atoms with Crippen LogP contribution in [0.25, 0.3) is 0 Å². The maximum Gasteiger partial charge on any atom is 0.337 e. The van der Waals surface area contributed by atoms with Crippen LogP contribution in [0, 0.1) is 11.8 Å². The number of hydrogen-bond donors (Lipinski definition) is 1. The van der Waals surface area contributed by atoms with Crippen LogP contribution in [0.15, 0.2) is 11.8 Å². The minimum atomic E-state index is -0.754. The predicted octanol–water partition coefficient (Wildman–Crippen LogP) is 0.808. The molecule has 1 aliphatic heterocycles. The Balaban J connectivity index is 2.21. The Bertz CT molecular complexity index is 271. The Morgan fingerprint density at radius 3 is 3.14 bits per heavy atom. The van der Waals surface area contributed by atoms with E-state index in [1.54, 1.807) is 0 Å². The molecule has 14 heavy (non-hydrogen) atoms. The van der Waals surface area contributed by atoms with E-state index in [4.69, 9.17) is 4.74 Å². The highest BCUT2D eigenvalue weighted by Crippen LogP contribution is 2.42. The molecule has 4 nitrogen and oxygen atoms in total. The van der Waals surface area contributed by atoms with Gasteiger partial charge in [-0.1, -0.05) is 6.42 Å². The van der Waals surface area contributed by atoms with Crippen molar-refractivity contribution in [1.82, 2.24) is 0 Å². The van der Waals surface area contributed by atoms with Gasteiger partial charge >= 0.3 is 5.97 Å². The van der Waals surface area contributed by atoms with Crippen molar-refractivity contribution in [3.05, 3.63) is 11.8 Å². The first kappa shape index (κ1) is 9.52. The monoisotopic (exact) mass is 198 g/mol. The molecule has 0 amide bonds. The molecule has 0 aromatic rings. The van der Waals surface area contributed by atoms with Crippen LogP contribution in [0.4, 0.5) is 0 Å². The molecule has 4 heteroatoms. The number of esters is 1. The van der Waals surface area contributed by atoms with Crippen molar-refractivity contribution < 1.29 is 19.4 Å². The van der Waals surface area contributed by atoms with Crippen LogP contribution >= 0.6 is 0 Å². The lowest BCUT2D eigenvalue weighted by atomic mass is 9.87. The highest BCUT2D eigenvalue weighted by atomic mass is 16.6. The molecule has 1 saturated carbocycles. The second-order valence-electron chi connectivity index (χ2n) is 3.79. The van der Waals surface area contributed by atoms with Crippen LogP contribution in [0.1, 0.15) is 19.3 Å². The summed E-state index contributed by atoms with van der Waals surface area (Å²) < 4.78 is 9.68. The van der Waals surface area contributed by atoms with E-state index in [2.05, 4.69) is 4.74 Å². The molecule has 0 bridgehead atoms. The highest BCUT2D eigenvalue weighted by Gasteiger charge is 2.41. The Labute approximate surface area is 82.5 Å². The van der Waals surface area contributed by atoms with Crippen LogP contribution in [0.3, 0.4) is 0 Å². The number of hydrogen-bond acceptors (Lipinski definition) is 4. The van der Waals surface area contributed by atoms with Gasteiger partial charge in [-0.05, 0) is 12.8 Å². The third-order valence-corrected chi connectivity index (χ3v) is 3.09. The average molecular weight is 198 g/mol. The molecule has 2 rings (SSSR count). The summed E-state index contributed by atoms with van der Waals surface area (Å²) in [6.45, 7) is 0. The van der Waals surface area contributed by atoms with Gasteiger partial charge in [-0.15, -0.1) is 0 Å². The van der Waals surface area contributed by atoms with Gasteiger partial charge < -0.3 is 14.6 Å².